The van der Waals surface area contributed by atoms with Crippen LogP contribution in [-0.2, 0) is 0 Å². The van der Waals surface area contributed by atoms with Gasteiger partial charge < -0.3 is 10.5 Å². The van der Waals surface area contributed by atoms with Crippen LogP contribution in [0.15, 0.2) is 12.3 Å². The molecule has 0 aromatic carbocycles. The van der Waals surface area contributed by atoms with Crippen molar-refractivity contribution >= 4 is 29.1 Å². The minimum absolute atomic E-state index is 0.0124. The van der Waals surface area contributed by atoms with Crippen molar-refractivity contribution in [2.75, 3.05) is 18.2 Å². The summed E-state index contributed by atoms with van der Waals surface area (Å²) < 4.78 is 4.90. The van der Waals surface area contributed by atoms with Crippen molar-refractivity contribution in [2.24, 2.45) is 0 Å². The molecule has 0 aliphatic rings. The maximum absolute atomic E-state index is 11.8. The second kappa shape index (κ2) is 4.88. The van der Waals surface area contributed by atoms with Crippen LogP contribution in [0.3, 0.4) is 0 Å². The van der Waals surface area contributed by atoms with Crippen LogP contribution in [-0.4, -0.2) is 33.2 Å². The number of nitrogens with zero attached hydrogens (tertiary/aromatic N) is 3. The molecule has 2 heterocycles. The molecule has 0 bridgehead atoms. The number of nitrogens with two attached hydrogens (primary N) is 1. The number of ether oxygens (including phenoxy) is 1. The molecule has 18 heavy (non-hydrogen) atoms. The molecule has 0 fully saturated rings. The molecule has 1 amide bonds. The summed E-state index contributed by atoms with van der Waals surface area (Å²) in [4.78, 5) is 19.5. The Hall–Kier alpha value is -2.35. The van der Waals surface area contributed by atoms with Crippen molar-refractivity contribution in [2.45, 2.75) is 0 Å². The molecule has 0 saturated carbocycles. The van der Waals surface area contributed by atoms with Crippen LogP contribution in [0, 0.1) is 0 Å². The predicted octanol–water partition coefficient (Wildman–Crippen LogP) is 0.696. The quantitative estimate of drug-likeness (QED) is 0.705. The Morgan fingerprint density at radius 3 is 2.94 bits per heavy atom. The van der Waals surface area contributed by atoms with Crippen molar-refractivity contribution in [3.05, 3.63) is 23.1 Å². The number of anilines is 2. The molecular weight excluding hydrogens is 260 g/mol. The third kappa shape index (κ3) is 2.48. The van der Waals surface area contributed by atoms with Crippen LogP contribution in [0.4, 0.5) is 11.6 Å². The molecule has 0 unspecified atom stereocenters. The average molecular weight is 269 g/mol. The maximum atomic E-state index is 11.8. The smallest absolute Gasteiger partial charge is 0.278 e. The van der Waals surface area contributed by atoms with Gasteiger partial charge in [-0.2, -0.15) is 10.1 Å². The van der Waals surface area contributed by atoms with E-state index in [1.165, 1.54) is 19.4 Å². The van der Waals surface area contributed by atoms with Crippen molar-refractivity contribution < 1.29 is 9.53 Å². The van der Waals surface area contributed by atoms with Gasteiger partial charge >= 0.3 is 0 Å². The number of aromatic nitrogens is 4. The highest BCUT2D eigenvalue weighted by molar-refractivity contribution is 6.29. The van der Waals surface area contributed by atoms with Crippen molar-refractivity contribution in [3.8, 4) is 5.88 Å². The highest BCUT2D eigenvalue weighted by Crippen LogP contribution is 2.16. The van der Waals surface area contributed by atoms with E-state index < -0.39 is 5.91 Å². The number of nitrogens with one attached hydrogen (secondary N) is 2. The highest BCUT2D eigenvalue weighted by atomic mass is 35.5. The molecule has 8 nitrogen and oxygen atoms in total. The number of carbonyl (C=O) groups is 1. The van der Waals surface area contributed by atoms with Crippen LogP contribution in [0.25, 0.3) is 0 Å². The molecule has 9 heteroatoms. The Morgan fingerprint density at radius 2 is 2.33 bits per heavy atom. The first-order chi connectivity index (χ1) is 8.60. The summed E-state index contributed by atoms with van der Waals surface area (Å²) in [6, 6.07) is 1.42. The molecule has 94 valence electrons. The first kappa shape index (κ1) is 12.1. The van der Waals surface area contributed by atoms with E-state index in [0.29, 0.717) is 0 Å². The fourth-order valence-corrected chi connectivity index (χ4v) is 1.37. The van der Waals surface area contributed by atoms with Gasteiger partial charge in [-0.15, -0.1) is 0 Å². The molecule has 2 aromatic heterocycles. The topological polar surface area (TPSA) is 119 Å². The summed E-state index contributed by atoms with van der Waals surface area (Å²) in [6.07, 6.45) is 1.33. The van der Waals surface area contributed by atoms with Crippen LogP contribution >= 0.6 is 11.6 Å². The van der Waals surface area contributed by atoms with E-state index in [9.17, 15) is 4.79 Å². The summed E-state index contributed by atoms with van der Waals surface area (Å²) in [7, 11) is 1.43. The summed E-state index contributed by atoms with van der Waals surface area (Å²) >= 11 is 5.74. The molecule has 0 aliphatic heterocycles. The second-order valence-electron chi connectivity index (χ2n) is 3.21. The molecule has 0 atom stereocenters. The number of halogens is 1. The summed E-state index contributed by atoms with van der Waals surface area (Å²) in [5.41, 5.74) is 5.88. The van der Waals surface area contributed by atoms with Gasteiger partial charge in [0.05, 0.1) is 19.0 Å². The fraction of sp³-hybridized carbons (Fsp3) is 0.111. The number of rotatable bonds is 3. The Morgan fingerprint density at radius 1 is 1.56 bits per heavy atom. The molecule has 2 aromatic rings. The summed E-state index contributed by atoms with van der Waals surface area (Å²) in [6.45, 7) is 0. The normalized spacial score (nSPS) is 10.1. The molecule has 0 saturated heterocycles. The lowest BCUT2D eigenvalue weighted by atomic mass is 10.3. The molecule has 0 spiro atoms. The van der Waals surface area contributed by atoms with E-state index >= 15 is 0 Å². The van der Waals surface area contributed by atoms with Crippen LogP contribution < -0.4 is 15.8 Å². The largest absolute Gasteiger partial charge is 0.481 e. The van der Waals surface area contributed by atoms with E-state index in [4.69, 9.17) is 22.1 Å². The Kier molecular flexibility index (Phi) is 3.28. The molecule has 2 rings (SSSR count). The SMILES string of the molecule is COc1cc(Cl)nc(NC(=O)c2[nH]ncc2N)n1. The molecule has 0 aliphatic carbocycles. The Balaban J connectivity index is 2.22. The van der Waals surface area contributed by atoms with Crippen LogP contribution in [0.1, 0.15) is 10.5 Å². The van der Waals surface area contributed by atoms with Crippen molar-refractivity contribution in [1.29, 1.82) is 0 Å². The number of hydrogen-bond donors (Lipinski definition) is 3. The van der Waals surface area contributed by atoms with E-state index in [1.807, 2.05) is 0 Å². The lowest BCUT2D eigenvalue weighted by molar-refractivity contribution is 0.102. The van der Waals surface area contributed by atoms with Gasteiger partial charge in [-0.25, -0.2) is 4.98 Å². The van der Waals surface area contributed by atoms with Crippen LogP contribution in [0.2, 0.25) is 5.15 Å². The zero-order valence-corrected chi connectivity index (χ0v) is 10.0. The Bertz CT molecular complexity index is 584. The van der Waals surface area contributed by atoms with Gasteiger partial charge in [-0.05, 0) is 0 Å². The van der Waals surface area contributed by atoms with Gasteiger partial charge in [-0.1, -0.05) is 11.6 Å². The lowest BCUT2D eigenvalue weighted by Gasteiger charge is -2.05. The van der Waals surface area contributed by atoms with Gasteiger partial charge in [-0.3, -0.25) is 15.2 Å². The van der Waals surface area contributed by atoms with E-state index in [-0.39, 0.29) is 28.4 Å². The zero-order chi connectivity index (χ0) is 13.1. The standard InChI is InChI=1S/C9H9ClN6O2/c1-18-6-2-5(10)13-9(14-6)15-8(17)7-4(11)3-12-16-7/h2-3H,11H2,1H3,(H,12,16)(H,13,14,15,17). The van der Waals surface area contributed by atoms with Gasteiger partial charge in [0.1, 0.15) is 10.8 Å². The fourth-order valence-electron chi connectivity index (χ4n) is 1.20. The monoisotopic (exact) mass is 268 g/mol. The van der Waals surface area contributed by atoms with Gasteiger partial charge in [0, 0.05) is 6.07 Å². The number of amides is 1. The maximum Gasteiger partial charge on any atom is 0.278 e. The number of hydrogen-bond acceptors (Lipinski definition) is 6. The predicted molar refractivity (Wildman–Crippen MR) is 64.5 cm³/mol. The summed E-state index contributed by atoms with van der Waals surface area (Å²) in [5, 5.41) is 8.67. The minimum atomic E-state index is -0.519. The van der Waals surface area contributed by atoms with E-state index in [2.05, 4.69) is 25.5 Å². The van der Waals surface area contributed by atoms with E-state index in [0.717, 1.165) is 0 Å². The Labute approximate surface area is 107 Å². The first-order valence-electron chi connectivity index (χ1n) is 4.79. The van der Waals surface area contributed by atoms with E-state index in [1.54, 1.807) is 0 Å². The number of H-pyrrole nitrogens is 1. The summed E-state index contributed by atoms with van der Waals surface area (Å²) in [5.74, 6) is -0.268. The third-order valence-electron chi connectivity index (χ3n) is 2.00. The molecular formula is C9H9ClN6O2. The number of aromatic amines is 1. The highest BCUT2D eigenvalue weighted by Gasteiger charge is 2.14. The molecule has 4 N–H and O–H groups in total. The van der Waals surface area contributed by atoms with Gasteiger partial charge in [0.15, 0.2) is 0 Å². The number of carbonyl (C=O) groups excluding carboxylic acids is 1. The first-order valence-corrected chi connectivity index (χ1v) is 5.16. The minimum Gasteiger partial charge on any atom is -0.481 e. The number of methoxy groups -OCH3 is 1. The zero-order valence-electron chi connectivity index (χ0n) is 9.27. The third-order valence-corrected chi connectivity index (χ3v) is 2.20. The van der Waals surface area contributed by atoms with Crippen molar-refractivity contribution in [1.82, 2.24) is 20.2 Å². The van der Waals surface area contributed by atoms with Crippen LogP contribution in [0.5, 0.6) is 5.88 Å². The van der Waals surface area contributed by atoms with Gasteiger partial charge in [0.2, 0.25) is 11.8 Å². The van der Waals surface area contributed by atoms with Gasteiger partial charge in [0.25, 0.3) is 5.91 Å². The lowest BCUT2D eigenvalue weighted by Crippen LogP contribution is -2.16. The molecule has 0 radical (unpaired) electrons. The average Bonchev–Trinajstić information content (AvgIpc) is 2.74. The number of nitrogen functional groups attached to an aromatic ring is 1. The van der Waals surface area contributed by atoms with Crippen molar-refractivity contribution in [3.63, 3.8) is 0 Å². The second-order valence-corrected chi connectivity index (χ2v) is 3.60.